The Kier molecular flexibility index (Phi) is 7.83. The highest BCUT2D eigenvalue weighted by Gasteiger charge is 2.38. The number of sulfonamides is 1. The maximum absolute atomic E-state index is 13.5. The number of hydrogen-bond acceptors (Lipinski definition) is 7. The summed E-state index contributed by atoms with van der Waals surface area (Å²) in [4.78, 5) is 22.3. The highest BCUT2D eigenvalue weighted by Crippen LogP contribution is 2.34. The lowest BCUT2D eigenvalue weighted by atomic mass is 10.0. The van der Waals surface area contributed by atoms with E-state index in [4.69, 9.17) is 4.74 Å². The monoisotopic (exact) mass is 474 g/mol. The maximum Gasteiger partial charge on any atom is 0.273 e. The lowest BCUT2D eigenvalue weighted by Gasteiger charge is -2.37. The van der Waals surface area contributed by atoms with Gasteiger partial charge in [0.05, 0.1) is 19.3 Å². The first-order valence-electron chi connectivity index (χ1n) is 10.8. The molecule has 0 radical (unpaired) electrons. The summed E-state index contributed by atoms with van der Waals surface area (Å²) in [5.74, 6) is -0.362. The average Bonchev–Trinajstić information content (AvgIpc) is 2.81. The molecule has 0 fully saturated rings. The third kappa shape index (κ3) is 5.40. The molecule has 3 rings (SSSR count). The molecule has 9 nitrogen and oxygen atoms in total. The Morgan fingerprint density at radius 1 is 1.39 bits per heavy atom. The molecule has 1 aliphatic rings. The van der Waals surface area contributed by atoms with Crippen molar-refractivity contribution in [2.24, 2.45) is 5.92 Å². The first-order chi connectivity index (χ1) is 15.7. The fourth-order valence-electron chi connectivity index (χ4n) is 3.71. The predicted molar refractivity (Wildman–Crippen MR) is 124 cm³/mol. The summed E-state index contributed by atoms with van der Waals surface area (Å²) in [7, 11) is -2.26. The molecule has 10 heteroatoms. The molecule has 0 spiro atoms. The number of aliphatic hydroxyl groups excluding tert-OH is 1. The maximum atomic E-state index is 13.5. The van der Waals surface area contributed by atoms with Crippen molar-refractivity contribution in [3.05, 3.63) is 54.1 Å². The smallest absolute Gasteiger partial charge is 0.273 e. The summed E-state index contributed by atoms with van der Waals surface area (Å²) >= 11 is 0. The molecular formula is C23H30N4O5S. The van der Waals surface area contributed by atoms with E-state index in [2.05, 4.69) is 9.97 Å². The lowest BCUT2D eigenvalue weighted by Crippen LogP contribution is -2.50. The van der Waals surface area contributed by atoms with E-state index in [1.165, 1.54) is 33.9 Å². The second-order valence-corrected chi connectivity index (χ2v) is 10.1. The van der Waals surface area contributed by atoms with Crippen molar-refractivity contribution < 1.29 is 23.1 Å². The summed E-state index contributed by atoms with van der Waals surface area (Å²) in [5, 5.41) is 9.73. The minimum Gasteiger partial charge on any atom is -0.487 e. The van der Waals surface area contributed by atoms with Crippen molar-refractivity contribution in [1.82, 2.24) is 19.2 Å². The van der Waals surface area contributed by atoms with Gasteiger partial charge in [0, 0.05) is 37.9 Å². The van der Waals surface area contributed by atoms with E-state index in [-0.39, 0.29) is 47.9 Å². The molecule has 1 N–H and O–H groups in total. The van der Waals surface area contributed by atoms with E-state index < -0.39 is 22.2 Å². The number of benzene rings is 1. The molecule has 1 aromatic heterocycles. The van der Waals surface area contributed by atoms with Crippen LogP contribution in [0.1, 0.15) is 36.8 Å². The van der Waals surface area contributed by atoms with Crippen LogP contribution in [0, 0.1) is 5.92 Å². The van der Waals surface area contributed by atoms with Crippen molar-refractivity contribution in [1.29, 1.82) is 0 Å². The van der Waals surface area contributed by atoms with Gasteiger partial charge in [-0.2, -0.15) is 4.31 Å². The van der Waals surface area contributed by atoms with E-state index in [1.54, 1.807) is 26.1 Å². The molecule has 0 unspecified atom stereocenters. The fourth-order valence-corrected chi connectivity index (χ4v) is 5.54. The van der Waals surface area contributed by atoms with Gasteiger partial charge < -0.3 is 14.7 Å². The van der Waals surface area contributed by atoms with Crippen LogP contribution in [-0.4, -0.2) is 77.5 Å². The molecule has 0 aliphatic carbocycles. The average molecular weight is 475 g/mol. The standard InChI is InChI=1S/C23H30N4O5S/c1-5-6-18-7-8-22-20(11-18)32-21(14-26(4)23(29)19-12-24-9-10-25-19)16(2)13-27(17(3)15-28)33(22,30)31/h5-12,16-17,21,28H,13-15H2,1-4H3/b6-5+/t16-,17-,21-/m0/s1. The van der Waals surface area contributed by atoms with Crippen LogP contribution in [0.3, 0.4) is 0 Å². The number of hydrogen-bond donors (Lipinski definition) is 1. The van der Waals surface area contributed by atoms with Crippen LogP contribution >= 0.6 is 0 Å². The Balaban J connectivity index is 2.01. The number of nitrogens with zero attached hydrogens (tertiary/aromatic N) is 4. The van der Waals surface area contributed by atoms with Gasteiger partial charge in [-0.1, -0.05) is 25.1 Å². The molecule has 1 aromatic carbocycles. The van der Waals surface area contributed by atoms with Gasteiger partial charge in [0.1, 0.15) is 22.4 Å². The van der Waals surface area contributed by atoms with Crippen LogP contribution in [0.2, 0.25) is 0 Å². The zero-order chi connectivity index (χ0) is 24.2. The molecule has 2 aromatic rings. The normalized spacial score (nSPS) is 21.5. The minimum absolute atomic E-state index is 0.0378. The van der Waals surface area contributed by atoms with E-state index in [0.717, 1.165) is 5.56 Å². The largest absolute Gasteiger partial charge is 0.487 e. The number of fused-ring (bicyclic) bond motifs is 1. The van der Waals surface area contributed by atoms with E-state index in [1.807, 2.05) is 26.0 Å². The van der Waals surface area contributed by atoms with Crippen molar-refractivity contribution in [2.45, 2.75) is 37.8 Å². The predicted octanol–water partition coefficient (Wildman–Crippen LogP) is 2.05. The van der Waals surface area contributed by atoms with Crippen LogP contribution in [0.15, 0.2) is 47.8 Å². The van der Waals surface area contributed by atoms with Crippen molar-refractivity contribution in [3.63, 3.8) is 0 Å². The van der Waals surface area contributed by atoms with Gasteiger partial charge >= 0.3 is 0 Å². The third-order valence-corrected chi connectivity index (χ3v) is 7.65. The van der Waals surface area contributed by atoms with Crippen LogP contribution in [0.4, 0.5) is 0 Å². The lowest BCUT2D eigenvalue weighted by molar-refractivity contribution is 0.0559. The summed E-state index contributed by atoms with van der Waals surface area (Å²) in [6.45, 7) is 5.45. The van der Waals surface area contributed by atoms with Gasteiger partial charge in [0.15, 0.2) is 0 Å². The topological polar surface area (TPSA) is 113 Å². The summed E-state index contributed by atoms with van der Waals surface area (Å²) in [5.41, 5.74) is 1.01. The zero-order valence-electron chi connectivity index (χ0n) is 19.2. The highest BCUT2D eigenvalue weighted by molar-refractivity contribution is 7.89. The fraction of sp³-hybridized carbons (Fsp3) is 0.435. The molecule has 178 valence electrons. The van der Waals surface area contributed by atoms with Gasteiger partial charge in [-0.3, -0.25) is 9.78 Å². The number of ether oxygens (including phenoxy) is 1. The molecule has 33 heavy (non-hydrogen) atoms. The van der Waals surface area contributed by atoms with Gasteiger partial charge in [0.2, 0.25) is 10.0 Å². The van der Waals surface area contributed by atoms with Crippen molar-refractivity contribution in [2.75, 3.05) is 26.7 Å². The first kappa shape index (κ1) is 24.8. The second-order valence-electron chi connectivity index (χ2n) is 8.22. The number of allylic oxidation sites excluding steroid dienone is 1. The quantitative estimate of drug-likeness (QED) is 0.682. The Bertz CT molecular complexity index is 1110. The molecule has 0 saturated heterocycles. The number of likely N-dealkylation sites (N-methyl/N-ethyl adjacent to an activating group) is 1. The van der Waals surface area contributed by atoms with Gasteiger partial charge in [-0.15, -0.1) is 0 Å². The molecule has 0 bridgehead atoms. The van der Waals surface area contributed by atoms with Crippen LogP contribution in [0.25, 0.3) is 6.08 Å². The highest BCUT2D eigenvalue weighted by atomic mass is 32.2. The van der Waals surface area contributed by atoms with E-state index in [9.17, 15) is 18.3 Å². The van der Waals surface area contributed by atoms with Gasteiger partial charge in [-0.05, 0) is 31.5 Å². The van der Waals surface area contributed by atoms with E-state index >= 15 is 0 Å². The second kappa shape index (κ2) is 10.4. The summed E-state index contributed by atoms with van der Waals surface area (Å²) in [6.07, 6.45) is 7.55. The first-order valence-corrected chi connectivity index (χ1v) is 12.2. The summed E-state index contributed by atoms with van der Waals surface area (Å²) in [6, 6.07) is 4.31. The van der Waals surface area contributed by atoms with Crippen molar-refractivity contribution >= 4 is 22.0 Å². The van der Waals surface area contributed by atoms with Crippen molar-refractivity contribution in [3.8, 4) is 5.75 Å². The number of aliphatic hydroxyl groups is 1. The minimum atomic E-state index is -3.90. The van der Waals surface area contributed by atoms with Gasteiger partial charge in [0.25, 0.3) is 5.91 Å². The van der Waals surface area contributed by atoms with E-state index in [0.29, 0.717) is 0 Å². The molecule has 0 saturated carbocycles. The number of aromatic nitrogens is 2. The Hall–Kier alpha value is -2.82. The number of rotatable bonds is 6. The van der Waals surface area contributed by atoms with Crippen LogP contribution < -0.4 is 4.74 Å². The number of carbonyl (C=O) groups excluding carboxylic acids is 1. The summed E-state index contributed by atoms with van der Waals surface area (Å²) < 4.78 is 34.5. The molecule has 3 atom stereocenters. The zero-order valence-corrected chi connectivity index (χ0v) is 20.1. The third-order valence-electron chi connectivity index (χ3n) is 5.63. The van der Waals surface area contributed by atoms with Crippen LogP contribution in [0.5, 0.6) is 5.75 Å². The Labute approximate surface area is 194 Å². The molecule has 1 amide bonds. The number of carbonyl (C=O) groups is 1. The Morgan fingerprint density at radius 2 is 2.15 bits per heavy atom. The molecule has 1 aliphatic heterocycles. The van der Waals surface area contributed by atoms with Crippen LogP contribution in [-0.2, 0) is 10.0 Å². The molecule has 2 heterocycles. The number of amides is 1. The SMILES string of the molecule is C/C=C/c1ccc2c(c1)O[C@@H](CN(C)C(=O)c1cnccn1)[C@@H](C)CN([C@@H](C)CO)S2(=O)=O. The molecular weight excluding hydrogens is 444 g/mol. The Morgan fingerprint density at radius 3 is 2.79 bits per heavy atom. The van der Waals surface area contributed by atoms with Gasteiger partial charge in [-0.25, -0.2) is 13.4 Å².